The Kier molecular flexibility index (Phi) is 74.2. The van der Waals surface area contributed by atoms with Crippen molar-refractivity contribution in [1.29, 1.82) is 0 Å². The number of unbranched alkanes of at least 4 members (excludes halogenated alkanes) is 17. The number of phosphoric ester groups is 1. The molecule has 0 amide bonds. The third-order valence-electron chi connectivity index (χ3n) is 15.0. The van der Waals surface area contributed by atoms with Gasteiger partial charge in [0.25, 0.3) is 0 Å². The molecule has 0 rings (SSSR count). The van der Waals surface area contributed by atoms with E-state index in [1.807, 2.05) is 0 Å². The van der Waals surface area contributed by atoms with Gasteiger partial charge in [0.15, 0.2) is 6.10 Å². The summed E-state index contributed by atoms with van der Waals surface area (Å²) in [6, 6.07) is 0. The number of ether oxygens (including phenoxy) is 2. The topological polar surface area (TPSA) is 134 Å². The van der Waals surface area contributed by atoms with Crippen LogP contribution in [0.25, 0.3) is 0 Å². The van der Waals surface area contributed by atoms with Crippen molar-refractivity contribution < 1.29 is 37.6 Å². The number of hydrogen-bond acceptors (Lipinski definition) is 8. The predicted octanol–water partition coefficient (Wildman–Crippen LogP) is 25.7. The van der Waals surface area contributed by atoms with E-state index in [9.17, 15) is 19.0 Å². The van der Waals surface area contributed by atoms with Crippen molar-refractivity contribution in [2.24, 2.45) is 5.73 Å². The SMILES string of the molecule is CC/C=C\C/C=C\C/C=C\C/C=C\C/C=C\C/C=C\C/C=C\C/C=C\C/C=C\C/C=C\CCCCCCCCCCCCC(=O)OC(COC(=O)CCCCCCCCC/C=C\C/C=C\C/C=C\C/C=C\C/C=C\C/C=C\C/C=C\C/C=C\C/C=C\CC)COP(=O)(O)OCCN. The lowest BCUT2D eigenvalue weighted by Crippen LogP contribution is -2.29. The fourth-order valence-corrected chi connectivity index (χ4v) is 10.3. The molecule has 2 unspecified atom stereocenters. The van der Waals surface area contributed by atoms with Crippen LogP contribution in [0.5, 0.6) is 0 Å². The van der Waals surface area contributed by atoms with Crippen LogP contribution in [0.3, 0.4) is 0 Å². The van der Waals surface area contributed by atoms with Gasteiger partial charge in [-0.15, -0.1) is 0 Å². The second kappa shape index (κ2) is 79.1. The zero-order chi connectivity index (χ0) is 70.0. The first-order valence-electron chi connectivity index (χ1n) is 37.9. The molecule has 0 aliphatic heterocycles. The Hall–Kier alpha value is -5.93. The predicted molar refractivity (Wildman–Crippen MR) is 421 cm³/mol. The van der Waals surface area contributed by atoms with Crippen LogP contribution in [0, 0.1) is 0 Å². The summed E-state index contributed by atoms with van der Waals surface area (Å²) in [6.45, 7) is 3.48. The number of hydrogen-bond donors (Lipinski definition) is 2. The Morgan fingerprint density at radius 3 is 0.794 bits per heavy atom. The first-order chi connectivity index (χ1) is 47.8. The van der Waals surface area contributed by atoms with Gasteiger partial charge in [-0.25, -0.2) is 4.57 Å². The maximum atomic E-state index is 12.8. The Labute approximate surface area is 593 Å². The molecule has 0 aliphatic rings. The van der Waals surface area contributed by atoms with Gasteiger partial charge >= 0.3 is 19.8 Å². The summed E-state index contributed by atoms with van der Waals surface area (Å²) in [5.41, 5.74) is 5.41. The summed E-state index contributed by atoms with van der Waals surface area (Å²) < 4.78 is 33.2. The van der Waals surface area contributed by atoms with E-state index in [0.717, 1.165) is 173 Å². The van der Waals surface area contributed by atoms with Gasteiger partial charge in [0.2, 0.25) is 0 Å². The van der Waals surface area contributed by atoms with Crippen LogP contribution in [0.15, 0.2) is 231 Å². The van der Waals surface area contributed by atoms with Gasteiger partial charge in [-0.2, -0.15) is 0 Å². The first-order valence-corrected chi connectivity index (χ1v) is 39.4. The van der Waals surface area contributed by atoms with Crippen molar-refractivity contribution in [2.75, 3.05) is 26.4 Å². The van der Waals surface area contributed by atoms with Gasteiger partial charge in [-0.1, -0.05) is 328 Å². The van der Waals surface area contributed by atoms with Gasteiger partial charge < -0.3 is 20.1 Å². The molecular formula is C87H136NO8P. The molecule has 0 saturated heterocycles. The molecule has 542 valence electrons. The van der Waals surface area contributed by atoms with Crippen LogP contribution in [0.2, 0.25) is 0 Å². The van der Waals surface area contributed by atoms with Crippen LogP contribution in [0.1, 0.15) is 271 Å². The second-order valence-corrected chi connectivity index (χ2v) is 25.5. The van der Waals surface area contributed by atoms with Crippen LogP contribution in [0.4, 0.5) is 0 Å². The van der Waals surface area contributed by atoms with Crippen LogP contribution < -0.4 is 5.73 Å². The van der Waals surface area contributed by atoms with E-state index in [0.29, 0.717) is 12.8 Å². The van der Waals surface area contributed by atoms with Crippen LogP contribution in [-0.2, 0) is 32.7 Å². The van der Waals surface area contributed by atoms with Crippen LogP contribution >= 0.6 is 7.82 Å². The highest BCUT2D eigenvalue weighted by Crippen LogP contribution is 2.43. The number of carbonyl (C=O) groups is 2. The second-order valence-electron chi connectivity index (χ2n) is 24.0. The number of phosphoric acid groups is 1. The maximum absolute atomic E-state index is 12.8. The Morgan fingerprint density at radius 2 is 0.536 bits per heavy atom. The molecule has 0 fully saturated rings. The molecule has 0 bridgehead atoms. The lowest BCUT2D eigenvalue weighted by atomic mass is 10.0. The van der Waals surface area contributed by atoms with E-state index in [4.69, 9.17) is 24.3 Å². The van der Waals surface area contributed by atoms with Crippen molar-refractivity contribution in [1.82, 2.24) is 0 Å². The van der Waals surface area contributed by atoms with E-state index in [1.54, 1.807) is 0 Å². The molecule has 0 aromatic heterocycles. The van der Waals surface area contributed by atoms with Crippen molar-refractivity contribution in [3.63, 3.8) is 0 Å². The highest BCUT2D eigenvalue weighted by atomic mass is 31.2. The largest absolute Gasteiger partial charge is 0.472 e. The molecule has 0 aromatic rings. The van der Waals surface area contributed by atoms with E-state index >= 15 is 0 Å². The monoisotopic (exact) mass is 1350 g/mol. The quantitative estimate of drug-likeness (QED) is 0.0264. The lowest BCUT2D eigenvalue weighted by Gasteiger charge is -2.19. The number of nitrogens with two attached hydrogens (primary N) is 1. The summed E-state index contributed by atoms with van der Waals surface area (Å²) in [5, 5.41) is 0. The normalized spacial score (nSPS) is 14.2. The smallest absolute Gasteiger partial charge is 0.462 e. The van der Waals surface area contributed by atoms with Gasteiger partial charge in [-0.3, -0.25) is 18.6 Å². The summed E-state index contributed by atoms with van der Waals surface area (Å²) >= 11 is 0. The molecule has 97 heavy (non-hydrogen) atoms. The Bertz CT molecular complexity index is 2450. The maximum Gasteiger partial charge on any atom is 0.472 e. The minimum atomic E-state index is -4.42. The molecule has 0 spiro atoms. The van der Waals surface area contributed by atoms with Crippen molar-refractivity contribution in [3.05, 3.63) is 231 Å². The summed E-state index contributed by atoms with van der Waals surface area (Å²) in [6.07, 6.45) is 124. The molecule has 0 aliphatic carbocycles. The van der Waals surface area contributed by atoms with Crippen molar-refractivity contribution in [2.45, 2.75) is 277 Å². The number of allylic oxidation sites excluding steroid dienone is 38. The number of carbonyl (C=O) groups excluding carboxylic acids is 2. The average Bonchev–Trinajstić information content (AvgIpc) is 2.57. The molecule has 9 nitrogen and oxygen atoms in total. The molecule has 0 saturated carbocycles. The van der Waals surface area contributed by atoms with E-state index in [-0.39, 0.29) is 32.6 Å². The highest BCUT2D eigenvalue weighted by molar-refractivity contribution is 7.47. The first kappa shape index (κ1) is 91.1. The fraction of sp³-hybridized carbons (Fsp3) is 0.540. The van der Waals surface area contributed by atoms with Gasteiger partial charge in [0, 0.05) is 19.4 Å². The number of rotatable bonds is 68. The van der Waals surface area contributed by atoms with Gasteiger partial charge in [0.1, 0.15) is 6.61 Å². The zero-order valence-corrected chi connectivity index (χ0v) is 61.9. The summed E-state index contributed by atoms with van der Waals surface area (Å²) in [4.78, 5) is 35.4. The molecular weight excluding hydrogens is 1220 g/mol. The molecule has 3 N–H and O–H groups in total. The van der Waals surface area contributed by atoms with Crippen LogP contribution in [-0.4, -0.2) is 49.3 Å². The fourth-order valence-electron chi connectivity index (χ4n) is 9.54. The molecule has 0 aromatic carbocycles. The van der Waals surface area contributed by atoms with Gasteiger partial charge in [0.05, 0.1) is 13.2 Å². The Balaban J connectivity index is 4.00. The Morgan fingerprint density at radius 1 is 0.309 bits per heavy atom. The minimum absolute atomic E-state index is 0.0395. The molecule has 0 heterocycles. The zero-order valence-electron chi connectivity index (χ0n) is 61.0. The lowest BCUT2D eigenvalue weighted by molar-refractivity contribution is -0.161. The van der Waals surface area contributed by atoms with E-state index in [2.05, 4.69) is 245 Å². The average molecular weight is 1360 g/mol. The summed E-state index contributed by atoms with van der Waals surface area (Å²) in [7, 11) is -4.42. The number of esters is 2. The van der Waals surface area contributed by atoms with Crippen molar-refractivity contribution >= 4 is 19.8 Å². The molecule has 0 radical (unpaired) electrons. The molecule has 2 atom stereocenters. The summed E-state index contributed by atoms with van der Waals surface area (Å²) in [5.74, 6) is -0.860. The van der Waals surface area contributed by atoms with E-state index < -0.39 is 32.5 Å². The third kappa shape index (κ3) is 78.9. The van der Waals surface area contributed by atoms with Gasteiger partial charge in [-0.05, 0) is 161 Å². The molecule has 10 heteroatoms. The third-order valence-corrected chi connectivity index (χ3v) is 16.0. The highest BCUT2D eigenvalue weighted by Gasteiger charge is 2.26. The van der Waals surface area contributed by atoms with Crippen molar-refractivity contribution in [3.8, 4) is 0 Å². The minimum Gasteiger partial charge on any atom is -0.462 e. The standard InChI is InChI=1S/C87H136NO8P/c1-3-5-7-9-11-13-15-17-19-21-23-25-27-29-31-33-35-37-39-40-41-42-43-44-46-48-50-52-54-56-58-60-62-64-66-68-70-72-74-76-78-80-87(90)96-85(84-95-97(91,92)94-82-81-88)83-93-86(89)79-77-75-73-71-69-67-65-63-61-59-57-55-53-51-49-47-45-38-36-34-32-30-28-26-24-22-20-18-16-14-12-10-8-6-4-2/h5-8,11-14,17-20,23-26,29-32,35-38,40-41,43-44,47-50,53-56,59,61,85H,3-4,9-10,15-16,21-22,27-28,33-34,39,42,45-46,51-52,57-58,60,62-84,88H2,1-2H3,(H,91,92)/b7-5-,8-6-,13-11-,14-12-,19-17-,20-18-,25-23-,26-24-,31-29-,32-30-,37-35-,38-36-,41-40-,44-43-,49-47-,50-48-,55-53-,56-54-,61-59-. The van der Waals surface area contributed by atoms with E-state index in [1.165, 1.54) is 57.8 Å².